The summed E-state index contributed by atoms with van der Waals surface area (Å²) in [5, 5.41) is 12.9. The van der Waals surface area contributed by atoms with Crippen LogP contribution in [0.3, 0.4) is 0 Å². The Labute approximate surface area is 108 Å². The van der Waals surface area contributed by atoms with Crippen LogP contribution in [0.25, 0.3) is 5.52 Å². The summed E-state index contributed by atoms with van der Waals surface area (Å²) in [5.41, 5.74) is 0.465. The van der Waals surface area contributed by atoms with Crippen molar-refractivity contribution in [1.29, 1.82) is 0 Å². The lowest BCUT2D eigenvalue weighted by atomic mass is 10.3. The normalized spacial score (nSPS) is 15.2. The molecule has 0 aromatic carbocycles. The first kappa shape index (κ1) is 11.5. The molecule has 1 aliphatic carbocycles. The smallest absolute Gasteiger partial charge is 0.356 e. The summed E-state index contributed by atoms with van der Waals surface area (Å²) in [4.78, 5) is 15.3. The van der Waals surface area contributed by atoms with Gasteiger partial charge in [0.25, 0.3) is 0 Å². The number of pyridine rings is 1. The molecule has 2 heterocycles. The van der Waals surface area contributed by atoms with E-state index >= 15 is 0 Å². The highest BCUT2D eigenvalue weighted by Gasteiger charge is 2.23. The molecule has 0 aliphatic heterocycles. The highest BCUT2D eigenvalue weighted by Crippen LogP contribution is 2.23. The van der Waals surface area contributed by atoms with Crippen molar-refractivity contribution in [2.24, 2.45) is 0 Å². The van der Waals surface area contributed by atoms with Gasteiger partial charge in [0.2, 0.25) is 0 Å². The Bertz CT molecular complexity index is 619. The van der Waals surface area contributed by atoms with E-state index in [0.717, 1.165) is 0 Å². The maximum atomic E-state index is 11.2. The molecule has 2 aromatic rings. The van der Waals surface area contributed by atoms with Crippen molar-refractivity contribution in [2.45, 2.75) is 25.4 Å². The molecule has 0 radical (unpaired) electrons. The number of nitrogens with zero attached hydrogens (tertiary/aromatic N) is 2. The van der Waals surface area contributed by atoms with Crippen molar-refractivity contribution in [2.75, 3.05) is 0 Å². The highest BCUT2D eigenvalue weighted by molar-refractivity contribution is 6.34. The third-order valence-corrected chi connectivity index (χ3v) is 3.32. The van der Waals surface area contributed by atoms with Gasteiger partial charge in [0.05, 0.1) is 17.1 Å². The number of imidazole rings is 1. The molecule has 2 N–H and O–H groups in total. The Morgan fingerprint density at radius 1 is 1.61 bits per heavy atom. The molecular formula is C12H12ClN3O2. The van der Waals surface area contributed by atoms with Gasteiger partial charge >= 0.3 is 5.97 Å². The molecule has 0 bridgehead atoms. The standard InChI is InChI=1S/C12H12ClN3O2/c13-8-2-1-5-16-9(6-14-7-3-4-7)15-10(11(8)16)12(17)18/h1-2,5,7,14H,3-4,6H2,(H,17,18). The van der Waals surface area contributed by atoms with Crippen LogP contribution in [0.4, 0.5) is 0 Å². The predicted octanol–water partition coefficient (Wildman–Crippen LogP) is 1.94. The molecule has 5 nitrogen and oxygen atoms in total. The fourth-order valence-corrected chi connectivity index (χ4v) is 2.21. The Hall–Kier alpha value is -1.59. The summed E-state index contributed by atoms with van der Waals surface area (Å²) >= 11 is 6.05. The van der Waals surface area contributed by atoms with E-state index in [1.165, 1.54) is 12.8 Å². The third kappa shape index (κ3) is 1.95. The molecule has 0 saturated heterocycles. The number of aromatic nitrogens is 2. The van der Waals surface area contributed by atoms with Gasteiger partial charge in [-0.1, -0.05) is 11.6 Å². The Balaban J connectivity index is 2.07. The Morgan fingerprint density at radius 3 is 3.06 bits per heavy atom. The molecule has 3 rings (SSSR count). The summed E-state index contributed by atoms with van der Waals surface area (Å²) < 4.78 is 1.74. The zero-order chi connectivity index (χ0) is 12.7. The molecule has 1 saturated carbocycles. The summed E-state index contributed by atoms with van der Waals surface area (Å²) in [6, 6.07) is 4.00. The number of hydrogen-bond acceptors (Lipinski definition) is 3. The van der Waals surface area contributed by atoms with Crippen molar-refractivity contribution >= 4 is 23.1 Å². The zero-order valence-corrected chi connectivity index (χ0v) is 10.3. The zero-order valence-electron chi connectivity index (χ0n) is 9.56. The van der Waals surface area contributed by atoms with Crippen LogP contribution in [0.5, 0.6) is 0 Å². The van der Waals surface area contributed by atoms with E-state index in [1.54, 1.807) is 22.7 Å². The quantitative estimate of drug-likeness (QED) is 0.887. The van der Waals surface area contributed by atoms with Crippen molar-refractivity contribution in [3.63, 3.8) is 0 Å². The first-order valence-electron chi connectivity index (χ1n) is 5.79. The van der Waals surface area contributed by atoms with Crippen LogP contribution in [-0.2, 0) is 6.54 Å². The molecule has 2 aromatic heterocycles. The van der Waals surface area contributed by atoms with Gasteiger partial charge in [-0.3, -0.25) is 0 Å². The van der Waals surface area contributed by atoms with Crippen LogP contribution in [0.1, 0.15) is 29.2 Å². The number of aromatic carboxylic acids is 1. The van der Waals surface area contributed by atoms with Crippen LogP contribution >= 0.6 is 11.6 Å². The van der Waals surface area contributed by atoms with E-state index in [9.17, 15) is 4.79 Å². The summed E-state index contributed by atoms with van der Waals surface area (Å²) in [6.07, 6.45) is 4.14. The molecule has 0 atom stereocenters. The molecule has 6 heteroatoms. The first-order valence-corrected chi connectivity index (χ1v) is 6.16. The Kier molecular flexibility index (Phi) is 2.72. The van der Waals surface area contributed by atoms with Gasteiger partial charge in [0, 0.05) is 12.2 Å². The van der Waals surface area contributed by atoms with Crippen LogP contribution in [0.2, 0.25) is 5.02 Å². The van der Waals surface area contributed by atoms with Crippen molar-refractivity contribution in [3.05, 3.63) is 34.9 Å². The predicted molar refractivity (Wildman–Crippen MR) is 67.0 cm³/mol. The van der Waals surface area contributed by atoms with Crippen LogP contribution in [0.15, 0.2) is 18.3 Å². The van der Waals surface area contributed by atoms with Gasteiger partial charge in [-0.15, -0.1) is 0 Å². The molecule has 0 amide bonds. The van der Waals surface area contributed by atoms with Crippen molar-refractivity contribution in [1.82, 2.24) is 14.7 Å². The second-order valence-electron chi connectivity index (χ2n) is 4.41. The van der Waals surface area contributed by atoms with E-state index < -0.39 is 5.97 Å². The number of nitrogens with one attached hydrogen (secondary N) is 1. The second kappa shape index (κ2) is 4.26. The van der Waals surface area contributed by atoms with Gasteiger partial charge in [0.1, 0.15) is 5.82 Å². The lowest BCUT2D eigenvalue weighted by Crippen LogP contribution is -2.17. The Morgan fingerprint density at radius 2 is 2.39 bits per heavy atom. The van der Waals surface area contributed by atoms with E-state index in [-0.39, 0.29) is 5.69 Å². The number of carboxylic acid groups (broad SMARTS) is 1. The van der Waals surface area contributed by atoms with Gasteiger partial charge in [-0.2, -0.15) is 0 Å². The maximum Gasteiger partial charge on any atom is 0.356 e. The molecule has 1 aliphatic rings. The van der Waals surface area contributed by atoms with Crippen LogP contribution < -0.4 is 5.32 Å². The van der Waals surface area contributed by atoms with E-state index in [2.05, 4.69) is 10.3 Å². The SMILES string of the molecule is O=C(O)c1nc(CNC2CC2)n2cccc(Cl)c12. The van der Waals surface area contributed by atoms with Crippen molar-refractivity contribution < 1.29 is 9.90 Å². The lowest BCUT2D eigenvalue weighted by Gasteiger charge is -2.02. The fourth-order valence-electron chi connectivity index (χ4n) is 1.96. The molecular weight excluding hydrogens is 254 g/mol. The largest absolute Gasteiger partial charge is 0.476 e. The van der Waals surface area contributed by atoms with Gasteiger partial charge < -0.3 is 14.8 Å². The number of fused-ring (bicyclic) bond motifs is 1. The fraction of sp³-hybridized carbons (Fsp3) is 0.333. The topological polar surface area (TPSA) is 66.6 Å². The minimum atomic E-state index is -1.06. The second-order valence-corrected chi connectivity index (χ2v) is 4.82. The van der Waals surface area contributed by atoms with Crippen molar-refractivity contribution in [3.8, 4) is 0 Å². The number of halogens is 1. The van der Waals surface area contributed by atoms with Gasteiger partial charge in [-0.25, -0.2) is 9.78 Å². The number of carbonyl (C=O) groups is 1. The summed E-state index contributed by atoms with van der Waals surface area (Å²) in [6.45, 7) is 0.555. The minimum absolute atomic E-state index is 0.00759. The number of rotatable bonds is 4. The summed E-state index contributed by atoms with van der Waals surface area (Å²) in [5.74, 6) is -0.380. The number of carboxylic acids is 1. The molecule has 94 valence electrons. The highest BCUT2D eigenvalue weighted by atomic mass is 35.5. The van der Waals surface area contributed by atoms with E-state index in [0.29, 0.717) is 29.0 Å². The maximum absolute atomic E-state index is 11.2. The van der Waals surface area contributed by atoms with Gasteiger partial charge in [-0.05, 0) is 25.0 Å². The lowest BCUT2D eigenvalue weighted by molar-refractivity contribution is 0.0693. The van der Waals surface area contributed by atoms with Crippen LogP contribution in [-0.4, -0.2) is 26.5 Å². The molecule has 0 spiro atoms. The van der Waals surface area contributed by atoms with E-state index in [1.807, 2.05) is 0 Å². The first-order chi connectivity index (χ1) is 8.66. The third-order valence-electron chi connectivity index (χ3n) is 3.02. The monoisotopic (exact) mass is 265 g/mol. The summed E-state index contributed by atoms with van der Waals surface area (Å²) in [7, 11) is 0. The van der Waals surface area contributed by atoms with Gasteiger partial charge in [0.15, 0.2) is 5.69 Å². The molecule has 18 heavy (non-hydrogen) atoms. The number of hydrogen-bond donors (Lipinski definition) is 2. The average molecular weight is 266 g/mol. The minimum Gasteiger partial charge on any atom is -0.476 e. The molecule has 1 fully saturated rings. The van der Waals surface area contributed by atoms with Crippen LogP contribution in [0, 0.1) is 0 Å². The molecule has 0 unspecified atom stereocenters. The van der Waals surface area contributed by atoms with E-state index in [4.69, 9.17) is 16.7 Å². The average Bonchev–Trinajstić information content (AvgIpc) is 3.08.